The van der Waals surface area contributed by atoms with Gasteiger partial charge in [0.1, 0.15) is 11.5 Å². The molecule has 1 fully saturated rings. The minimum absolute atomic E-state index is 0.177. The van der Waals surface area contributed by atoms with Crippen molar-refractivity contribution in [3.8, 4) is 17.0 Å². The maximum absolute atomic E-state index is 14.6. The van der Waals surface area contributed by atoms with Crippen molar-refractivity contribution in [2.45, 2.75) is 25.1 Å². The lowest BCUT2D eigenvalue weighted by atomic mass is 10.0. The summed E-state index contributed by atoms with van der Waals surface area (Å²) in [7, 11) is 3.44. The molecule has 1 aromatic carbocycles. The predicted octanol–water partition coefficient (Wildman–Crippen LogP) is 4.25. The number of hydrogen-bond donors (Lipinski definition) is 1. The van der Waals surface area contributed by atoms with Crippen LogP contribution in [-0.4, -0.2) is 46.2 Å². The molecule has 0 atom stereocenters. The molecule has 6 nitrogen and oxygen atoms in total. The molecule has 11 heteroatoms. The molecule has 166 valence electrons. The van der Waals surface area contributed by atoms with E-state index in [-0.39, 0.29) is 17.1 Å². The Balaban J connectivity index is 1.82. The second-order valence-corrected chi connectivity index (χ2v) is 7.43. The number of aromatic hydroxyl groups is 1. The van der Waals surface area contributed by atoms with Crippen LogP contribution in [0.4, 0.5) is 27.8 Å². The van der Waals surface area contributed by atoms with Crippen LogP contribution in [0.25, 0.3) is 22.2 Å². The summed E-state index contributed by atoms with van der Waals surface area (Å²) < 4.78 is 74.6. The van der Waals surface area contributed by atoms with Gasteiger partial charge in [0.05, 0.1) is 11.1 Å². The number of fused-ring (bicyclic) bond motifs is 1. The number of aryl methyl sites for hydroxylation is 1. The third kappa shape index (κ3) is 3.67. The van der Waals surface area contributed by atoms with E-state index in [1.54, 1.807) is 13.1 Å². The van der Waals surface area contributed by atoms with Crippen molar-refractivity contribution in [2.75, 3.05) is 25.2 Å². The fourth-order valence-electron chi connectivity index (χ4n) is 3.79. The zero-order valence-corrected chi connectivity index (χ0v) is 16.7. The Kier molecular flexibility index (Phi) is 5.24. The summed E-state index contributed by atoms with van der Waals surface area (Å²) in [5.74, 6) is -4.67. The van der Waals surface area contributed by atoms with Crippen molar-refractivity contribution in [1.29, 1.82) is 0 Å². The highest BCUT2D eigenvalue weighted by molar-refractivity contribution is 5.94. The van der Waals surface area contributed by atoms with Gasteiger partial charge < -0.3 is 14.7 Å². The molecule has 0 saturated carbocycles. The van der Waals surface area contributed by atoms with E-state index in [1.165, 1.54) is 10.9 Å². The fourth-order valence-corrected chi connectivity index (χ4v) is 3.79. The van der Waals surface area contributed by atoms with Crippen LogP contribution in [-0.2, 0) is 18.0 Å². The Morgan fingerprint density at radius 1 is 1.16 bits per heavy atom. The number of nitrogens with zero attached hydrogens (tertiary/aromatic N) is 4. The zero-order chi connectivity index (χ0) is 22.5. The second-order valence-electron chi connectivity index (χ2n) is 7.43. The molecule has 3 heterocycles. The summed E-state index contributed by atoms with van der Waals surface area (Å²) in [6.45, 7) is 1.28. The standard InChI is InChI=1S/C20H19F5N4O2/c1-28(10-3-5-31-6-4-10)15-8-14-12(9-26-15)18(27-29(14)2)11-7-13(20(23,24)25)17(22)19(30)16(11)21/h7-10,30H,3-6H2,1-2H3. The Morgan fingerprint density at radius 2 is 1.84 bits per heavy atom. The van der Waals surface area contributed by atoms with Crippen molar-refractivity contribution in [3.05, 3.63) is 35.5 Å². The first-order valence-corrected chi connectivity index (χ1v) is 9.51. The zero-order valence-electron chi connectivity index (χ0n) is 16.7. The maximum Gasteiger partial charge on any atom is 0.419 e. The Hall–Kier alpha value is -2.95. The number of phenolic OH excluding ortho intramolecular Hbond substituents is 1. The molecule has 2 aromatic heterocycles. The number of pyridine rings is 1. The highest BCUT2D eigenvalue weighted by Gasteiger charge is 2.38. The molecule has 3 aromatic rings. The van der Waals surface area contributed by atoms with Crippen molar-refractivity contribution >= 4 is 16.7 Å². The lowest BCUT2D eigenvalue weighted by Crippen LogP contribution is -2.37. The van der Waals surface area contributed by atoms with Crippen LogP contribution >= 0.6 is 0 Å². The van der Waals surface area contributed by atoms with E-state index in [0.29, 0.717) is 30.6 Å². The van der Waals surface area contributed by atoms with Gasteiger partial charge in [-0.3, -0.25) is 4.68 Å². The summed E-state index contributed by atoms with van der Waals surface area (Å²) in [6.07, 6.45) is -2.08. The number of alkyl halides is 3. The average Bonchev–Trinajstić information content (AvgIpc) is 3.07. The minimum atomic E-state index is -5.12. The van der Waals surface area contributed by atoms with Crippen LogP contribution in [0.1, 0.15) is 18.4 Å². The summed E-state index contributed by atoms with van der Waals surface area (Å²) in [4.78, 5) is 6.36. The van der Waals surface area contributed by atoms with Gasteiger partial charge in [-0.15, -0.1) is 0 Å². The highest BCUT2D eigenvalue weighted by atomic mass is 19.4. The van der Waals surface area contributed by atoms with Crippen LogP contribution in [0, 0.1) is 11.6 Å². The van der Waals surface area contributed by atoms with Gasteiger partial charge in [0, 0.05) is 56.6 Å². The summed E-state index contributed by atoms with van der Waals surface area (Å²) >= 11 is 0. The van der Waals surface area contributed by atoms with Gasteiger partial charge in [-0.2, -0.15) is 18.3 Å². The third-order valence-electron chi connectivity index (χ3n) is 5.56. The lowest BCUT2D eigenvalue weighted by Gasteiger charge is -2.32. The van der Waals surface area contributed by atoms with E-state index in [2.05, 4.69) is 10.1 Å². The van der Waals surface area contributed by atoms with Crippen molar-refractivity contribution in [3.63, 3.8) is 0 Å². The number of benzene rings is 1. The van der Waals surface area contributed by atoms with Crippen LogP contribution < -0.4 is 4.90 Å². The van der Waals surface area contributed by atoms with Crippen LogP contribution in [0.3, 0.4) is 0 Å². The van der Waals surface area contributed by atoms with Crippen molar-refractivity contribution < 1.29 is 31.8 Å². The van der Waals surface area contributed by atoms with Crippen LogP contribution in [0.15, 0.2) is 18.3 Å². The lowest BCUT2D eigenvalue weighted by molar-refractivity contribution is -0.140. The fraction of sp³-hybridized carbons (Fsp3) is 0.400. The molecular formula is C20H19F5N4O2. The number of rotatable bonds is 3. The van der Waals surface area contributed by atoms with Gasteiger partial charge in [0.2, 0.25) is 0 Å². The first-order chi connectivity index (χ1) is 14.6. The van der Waals surface area contributed by atoms with E-state index in [1.807, 2.05) is 11.9 Å². The topological polar surface area (TPSA) is 63.4 Å². The van der Waals surface area contributed by atoms with E-state index in [0.717, 1.165) is 12.8 Å². The number of hydrogen-bond acceptors (Lipinski definition) is 5. The third-order valence-corrected chi connectivity index (χ3v) is 5.56. The Bertz CT molecular complexity index is 1140. The number of ether oxygens (including phenoxy) is 1. The molecular weight excluding hydrogens is 423 g/mol. The molecule has 1 aliphatic rings. The van der Waals surface area contributed by atoms with Gasteiger partial charge >= 0.3 is 6.18 Å². The van der Waals surface area contributed by atoms with Crippen molar-refractivity contribution in [1.82, 2.24) is 14.8 Å². The first kappa shape index (κ1) is 21.3. The van der Waals surface area contributed by atoms with E-state index in [9.17, 15) is 27.1 Å². The Labute approximate surface area is 173 Å². The largest absolute Gasteiger partial charge is 0.503 e. The monoisotopic (exact) mass is 442 g/mol. The summed E-state index contributed by atoms with van der Waals surface area (Å²) in [5, 5.41) is 14.0. The van der Waals surface area contributed by atoms with Gasteiger partial charge in [-0.05, 0) is 18.9 Å². The molecule has 4 rings (SSSR count). The predicted molar refractivity (Wildman–Crippen MR) is 103 cm³/mol. The number of phenols is 1. The molecule has 1 N–H and O–H groups in total. The van der Waals surface area contributed by atoms with Gasteiger partial charge in [0.25, 0.3) is 0 Å². The minimum Gasteiger partial charge on any atom is -0.503 e. The molecule has 0 unspecified atom stereocenters. The Morgan fingerprint density at radius 3 is 2.48 bits per heavy atom. The molecule has 0 amide bonds. The smallest absolute Gasteiger partial charge is 0.419 e. The molecule has 1 saturated heterocycles. The number of anilines is 1. The first-order valence-electron chi connectivity index (χ1n) is 9.51. The molecule has 31 heavy (non-hydrogen) atoms. The molecule has 0 spiro atoms. The molecule has 0 aliphatic carbocycles. The van der Waals surface area contributed by atoms with Crippen LogP contribution in [0.5, 0.6) is 5.75 Å². The number of aromatic nitrogens is 3. The van der Waals surface area contributed by atoms with Crippen LogP contribution in [0.2, 0.25) is 0 Å². The molecule has 0 bridgehead atoms. The normalized spacial score (nSPS) is 15.6. The van der Waals surface area contributed by atoms with E-state index < -0.39 is 34.7 Å². The maximum atomic E-state index is 14.6. The van der Waals surface area contributed by atoms with E-state index in [4.69, 9.17) is 4.74 Å². The van der Waals surface area contributed by atoms with Crippen molar-refractivity contribution in [2.24, 2.45) is 7.05 Å². The van der Waals surface area contributed by atoms with Gasteiger partial charge in [-0.25, -0.2) is 13.8 Å². The van der Waals surface area contributed by atoms with Gasteiger partial charge in [0.15, 0.2) is 17.4 Å². The molecule has 1 aliphatic heterocycles. The summed E-state index contributed by atoms with van der Waals surface area (Å²) in [6, 6.07) is 2.23. The molecule has 0 radical (unpaired) electrons. The quantitative estimate of drug-likeness (QED) is 0.615. The van der Waals surface area contributed by atoms with E-state index >= 15 is 0 Å². The summed E-state index contributed by atoms with van der Waals surface area (Å²) in [5.41, 5.74) is -2.12. The number of halogens is 5. The average molecular weight is 442 g/mol. The van der Waals surface area contributed by atoms with Gasteiger partial charge in [-0.1, -0.05) is 0 Å². The SMILES string of the molecule is CN(c1cc2c(cn1)c(-c1cc(C(F)(F)F)c(F)c(O)c1F)nn2C)C1CCOCC1. The highest BCUT2D eigenvalue weighted by Crippen LogP contribution is 2.41. The second kappa shape index (κ2) is 7.63.